The van der Waals surface area contributed by atoms with Gasteiger partial charge in [0.05, 0.1) is 0 Å². The van der Waals surface area contributed by atoms with E-state index in [1.807, 2.05) is 6.07 Å². The minimum Gasteiger partial charge on any atom is -0.383 e. The number of rotatable bonds is 3. The van der Waals surface area contributed by atoms with Gasteiger partial charge in [-0.2, -0.15) is 0 Å². The van der Waals surface area contributed by atoms with Crippen LogP contribution in [0.4, 0.5) is 5.69 Å². The van der Waals surface area contributed by atoms with Gasteiger partial charge in [-0.25, -0.2) is 0 Å². The van der Waals surface area contributed by atoms with Crippen LogP contribution in [0.15, 0.2) is 22.7 Å². The fourth-order valence-corrected chi connectivity index (χ4v) is 1.37. The number of hydrogen-bond acceptors (Lipinski definition) is 2. The highest BCUT2D eigenvalue weighted by atomic mass is 79.9. The van der Waals surface area contributed by atoms with Crippen LogP contribution < -0.4 is 11.1 Å². The van der Waals surface area contributed by atoms with E-state index in [1.165, 1.54) is 5.56 Å². The van der Waals surface area contributed by atoms with E-state index in [4.69, 9.17) is 5.73 Å². The van der Waals surface area contributed by atoms with Crippen molar-refractivity contribution in [3.05, 3.63) is 28.2 Å². The molecule has 0 saturated carbocycles. The summed E-state index contributed by atoms with van der Waals surface area (Å²) in [6.07, 6.45) is 0. The van der Waals surface area contributed by atoms with Gasteiger partial charge in [0, 0.05) is 23.2 Å². The van der Waals surface area contributed by atoms with Gasteiger partial charge >= 0.3 is 0 Å². The van der Waals surface area contributed by atoms with Crippen molar-refractivity contribution in [1.29, 1.82) is 0 Å². The Kier molecular flexibility index (Phi) is 3.56. The lowest BCUT2D eigenvalue weighted by Gasteiger charge is -2.07. The van der Waals surface area contributed by atoms with Crippen molar-refractivity contribution in [3.63, 3.8) is 0 Å². The van der Waals surface area contributed by atoms with Gasteiger partial charge in [-0.3, -0.25) is 0 Å². The van der Waals surface area contributed by atoms with Crippen LogP contribution in [-0.2, 0) is 0 Å². The molecule has 1 rings (SSSR count). The molecule has 3 heteroatoms. The van der Waals surface area contributed by atoms with Gasteiger partial charge in [0.25, 0.3) is 0 Å². The summed E-state index contributed by atoms with van der Waals surface area (Å²) in [7, 11) is 0. The van der Waals surface area contributed by atoms with Crippen molar-refractivity contribution >= 4 is 21.6 Å². The summed E-state index contributed by atoms with van der Waals surface area (Å²) in [6.45, 7) is 3.53. The maximum atomic E-state index is 5.39. The zero-order valence-corrected chi connectivity index (χ0v) is 8.69. The van der Waals surface area contributed by atoms with E-state index in [0.29, 0.717) is 6.54 Å². The predicted octanol–water partition coefficient (Wildman–Crippen LogP) is 2.13. The van der Waals surface area contributed by atoms with Crippen molar-refractivity contribution in [2.75, 3.05) is 18.4 Å². The summed E-state index contributed by atoms with van der Waals surface area (Å²) in [5.41, 5.74) is 7.75. The molecule has 0 fully saturated rings. The van der Waals surface area contributed by atoms with Gasteiger partial charge in [0.15, 0.2) is 0 Å². The van der Waals surface area contributed by atoms with Crippen molar-refractivity contribution < 1.29 is 0 Å². The third-order valence-corrected chi connectivity index (χ3v) is 2.27. The largest absolute Gasteiger partial charge is 0.383 e. The van der Waals surface area contributed by atoms with E-state index in [9.17, 15) is 0 Å². The molecule has 12 heavy (non-hydrogen) atoms. The minimum absolute atomic E-state index is 0.653. The molecule has 1 aromatic carbocycles. The molecule has 0 heterocycles. The number of aryl methyl sites for hydroxylation is 1. The predicted molar refractivity (Wildman–Crippen MR) is 56.4 cm³/mol. The third-order valence-electron chi connectivity index (χ3n) is 1.58. The second kappa shape index (κ2) is 4.48. The molecule has 0 unspecified atom stereocenters. The standard InChI is InChI=1S/C9H13BrN2/c1-7-2-3-8(10)9(6-7)12-5-4-11/h2-3,6,12H,4-5,11H2,1H3. The Morgan fingerprint density at radius 3 is 2.92 bits per heavy atom. The highest BCUT2D eigenvalue weighted by Gasteiger charge is 1.97. The quantitative estimate of drug-likeness (QED) is 0.833. The second-order valence-electron chi connectivity index (χ2n) is 2.70. The van der Waals surface area contributed by atoms with Crippen molar-refractivity contribution in [3.8, 4) is 0 Å². The molecule has 0 amide bonds. The Bertz CT molecular complexity index is 261. The molecule has 0 saturated heterocycles. The fourth-order valence-electron chi connectivity index (χ4n) is 0.981. The Morgan fingerprint density at radius 1 is 1.50 bits per heavy atom. The normalized spacial score (nSPS) is 9.92. The zero-order chi connectivity index (χ0) is 8.97. The summed E-state index contributed by atoms with van der Waals surface area (Å²) in [6, 6.07) is 6.20. The molecule has 0 spiro atoms. The molecular formula is C9H13BrN2. The Morgan fingerprint density at radius 2 is 2.25 bits per heavy atom. The number of hydrogen-bond donors (Lipinski definition) is 2. The smallest absolute Gasteiger partial charge is 0.0487 e. The van der Waals surface area contributed by atoms with Crippen LogP contribution in [0.2, 0.25) is 0 Å². The van der Waals surface area contributed by atoms with E-state index in [0.717, 1.165) is 16.7 Å². The van der Waals surface area contributed by atoms with Gasteiger partial charge < -0.3 is 11.1 Å². The Hall–Kier alpha value is -0.540. The molecule has 0 aliphatic rings. The average Bonchev–Trinajstić information content (AvgIpc) is 2.07. The van der Waals surface area contributed by atoms with Crippen molar-refractivity contribution in [2.24, 2.45) is 5.73 Å². The monoisotopic (exact) mass is 228 g/mol. The summed E-state index contributed by atoms with van der Waals surface area (Å²) in [4.78, 5) is 0. The lowest BCUT2D eigenvalue weighted by atomic mass is 10.2. The maximum Gasteiger partial charge on any atom is 0.0487 e. The van der Waals surface area contributed by atoms with E-state index >= 15 is 0 Å². The number of nitrogens with two attached hydrogens (primary N) is 1. The lowest BCUT2D eigenvalue weighted by Crippen LogP contribution is -2.13. The van der Waals surface area contributed by atoms with Gasteiger partial charge in [0.1, 0.15) is 0 Å². The van der Waals surface area contributed by atoms with E-state index in [1.54, 1.807) is 0 Å². The zero-order valence-electron chi connectivity index (χ0n) is 7.10. The molecule has 3 N–H and O–H groups in total. The highest BCUT2D eigenvalue weighted by molar-refractivity contribution is 9.10. The Labute approximate surface area is 81.3 Å². The molecule has 66 valence electrons. The van der Waals surface area contributed by atoms with Gasteiger partial charge in [-0.05, 0) is 40.5 Å². The van der Waals surface area contributed by atoms with Gasteiger partial charge in [-0.15, -0.1) is 0 Å². The average molecular weight is 229 g/mol. The number of benzene rings is 1. The van der Waals surface area contributed by atoms with Crippen LogP contribution >= 0.6 is 15.9 Å². The van der Waals surface area contributed by atoms with Crippen LogP contribution in [0.3, 0.4) is 0 Å². The van der Waals surface area contributed by atoms with Crippen LogP contribution in [0.25, 0.3) is 0 Å². The van der Waals surface area contributed by atoms with Crippen molar-refractivity contribution in [1.82, 2.24) is 0 Å². The first-order valence-corrected chi connectivity index (χ1v) is 4.73. The lowest BCUT2D eigenvalue weighted by molar-refractivity contribution is 1.02. The van der Waals surface area contributed by atoms with Gasteiger partial charge in [-0.1, -0.05) is 6.07 Å². The summed E-state index contributed by atoms with van der Waals surface area (Å²) in [5.74, 6) is 0. The number of halogens is 1. The van der Waals surface area contributed by atoms with E-state index < -0.39 is 0 Å². The molecule has 0 bridgehead atoms. The van der Waals surface area contributed by atoms with Crippen LogP contribution in [0.5, 0.6) is 0 Å². The third kappa shape index (κ3) is 2.50. The van der Waals surface area contributed by atoms with Crippen molar-refractivity contribution in [2.45, 2.75) is 6.92 Å². The van der Waals surface area contributed by atoms with E-state index in [-0.39, 0.29) is 0 Å². The molecule has 0 atom stereocenters. The van der Waals surface area contributed by atoms with Crippen LogP contribution in [0, 0.1) is 6.92 Å². The fraction of sp³-hybridized carbons (Fsp3) is 0.333. The first kappa shape index (κ1) is 9.55. The first-order valence-electron chi connectivity index (χ1n) is 3.94. The molecular weight excluding hydrogens is 216 g/mol. The molecule has 0 aromatic heterocycles. The summed E-state index contributed by atoms with van der Waals surface area (Å²) >= 11 is 3.46. The number of nitrogens with one attached hydrogen (secondary N) is 1. The summed E-state index contributed by atoms with van der Waals surface area (Å²) < 4.78 is 1.08. The number of anilines is 1. The first-order chi connectivity index (χ1) is 5.74. The molecule has 1 aromatic rings. The van der Waals surface area contributed by atoms with Crippen LogP contribution in [0.1, 0.15) is 5.56 Å². The molecule has 0 aliphatic heterocycles. The Balaban J connectivity index is 2.75. The molecule has 2 nitrogen and oxygen atoms in total. The maximum absolute atomic E-state index is 5.39. The molecule has 0 aliphatic carbocycles. The highest BCUT2D eigenvalue weighted by Crippen LogP contribution is 2.22. The minimum atomic E-state index is 0.653. The topological polar surface area (TPSA) is 38.0 Å². The second-order valence-corrected chi connectivity index (χ2v) is 3.55. The summed E-state index contributed by atoms with van der Waals surface area (Å²) in [5, 5.41) is 3.23. The SMILES string of the molecule is Cc1ccc(Br)c(NCCN)c1. The van der Waals surface area contributed by atoms with Gasteiger partial charge in [0.2, 0.25) is 0 Å². The van der Waals surface area contributed by atoms with E-state index in [2.05, 4.69) is 40.3 Å². The van der Waals surface area contributed by atoms with Crippen LogP contribution in [-0.4, -0.2) is 13.1 Å². The molecule has 0 radical (unpaired) electrons.